The van der Waals surface area contributed by atoms with Crippen molar-refractivity contribution in [2.75, 3.05) is 0 Å². The van der Waals surface area contributed by atoms with Crippen LogP contribution in [0.25, 0.3) is 0 Å². The van der Waals surface area contributed by atoms with Crippen molar-refractivity contribution in [3.05, 3.63) is 46.7 Å². The molecule has 8 heteroatoms. The molecule has 1 atom stereocenters. The molecule has 2 amide bonds. The number of hydrogen-bond acceptors (Lipinski definition) is 4. The Kier molecular flexibility index (Phi) is 6.28. The van der Waals surface area contributed by atoms with Crippen LogP contribution in [0.2, 0.25) is 5.02 Å². The van der Waals surface area contributed by atoms with Gasteiger partial charge in [-0.15, -0.1) is 11.8 Å². The topological polar surface area (TPSA) is 76.0 Å². The first-order valence-electron chi connectivity index (χ1n) is 7.37. The smallest absolute Gasteiger partial charge is 0.260 e. The molecule has 0 radical (unpaired) electrons. The number of amides is 2. The van der Waals surface area contributed by atoms with Crippen molar-refractivity contribution in [3.8, 4) is 0 Å². The van der Waals surface area contributed by atoms with Crippen molar-refractivity contribution in [2.24, 2.45) is 0 Å². The lowest BCUT2D eigenvalue weighted by Crippen LogP contribution is -2.46. The maximum absolute atomic E-state index is 12.0. The zero-order valence-corrected chi connectivity index (χ0v) is 15.2. The third kappa shape index (κ3) is 5.28. The van der Waals surface area contributed by atoms with Crippen molar-refractivity contribution in [2.45, 2.75) is 37.5 Å². The minimum atomic E-state index is -0.361. The molecule has 0 fully saturated rings. The Morgan fingerprint density at radius 2 is 1.92 bits per heavy atom. The second-order valence-corrected chi connectivity index (χ2v) is 7.19. The maximum Gasteiger partial charge on any atom is 0.260 e. The standard InChI is InChI=1S/C16H19ClN4O2S/c1-10-8-11(2)21(20-10)9-15(22)18-19-16(23)12(3)24-14-6-4-13(17)5-7-14/h4-8,12H,9H2,1-3H3,(H,18,22)(H,19,23). The van der Waals surface area contributed by atoms with Gasteiger partial charge in [-0.3, -0.25) is 25.1 Å². The summed E-state index contributed by atoms with van der Waals surface area (Å²) in [5.41, 5.74) is 6.58. The maximum atomic E-state index is 12.0. The molecule has 1 aromatic carbocycles. The number of benzene rings is 1. The highest BCUT2D eigenvalue weighted by atomic mass is 35.5. The van der Waals surface area contributed by atoms with Crippen LogP contribution in [0, 0.1) is 13.8 Å². The van der Waals surface area contributed by atoms with Gasteiger partial charge in [-0.1, -0.05) is 11.6 Å². The summed E-state index contributed by atoms with van der Waals surface area (Å²) in [5.74, 6) is -0.616. The minimum absolute atomic E-state index is 0.0542. The molecule has 0 aliphatic rings. The lowest BCUT2D eigenvalue weighted by atomic mass is 10.4. The molecule has 0 bridgehead atoms. The van der Waals surface area contributed by atoms with Gasteiger partial charge < -0.3 is 0 Å². The van der Waals surface area contributed by atoms with Crippen LogP contribution in [0.3, 0.4) is 0 Å². The molecule has 0 saturated heterocycles. The number of carbonyl (C=O) groups excluding carboxylic acids is 2. The van der Waals surface area contributed by atoms with Crippen LogP contribution in [-0.4, -0.2) is 26.8 Å². The van der Waals surface area contributed by atoms with Crippen LogP contribution < -0.4 is 10.9 Å². The molecule has 0 spiro atoms. The SMILES string of the molecule is Cc1cc(C)n(CC(=O)NNC(=O)C(C)Sc2ccc(Cl)cc2)n1. The van der Waals surface area contributed by atoms with E-state index in [1.807, 2.05) is 32.0 Å². The van der Waals surface area contributed by atoms with Gasteiger partial charge in [-0.05, 0) is 51.1 Å². The number of hydrazine groups is 1. The molecular formula is C16H19ClN4O2S. The third-order valence-corrected chi connectivity index (χ3v) is 4.58. The van der Waals surface area contributed by atoms with E-state index in [2.05, 4.69) is 16.0 Å². The fraction of sp³-hybridized carbons (Fsp3) is 0.312. The Bertz CT molecular complexity index is 730. The molecular weight excluding hydrogens is 348 g/mol. The van der Waals surface area contributed by atoms with Crippen molar-refractivity contribution in [1.82, 2.24) is 20.6 Å². The summed E-state index contributed by atoms with van der Waals surface area (Å²) in [5, 5.41) is 4.49. The lowest BCUT2D eigenvalue weighted by Gasteiger charge is -2.13. The number of thioether (sulfide) groups is 1. The lowest BCUT2D eigenvalue weighted by molar-refractivity contribution is -0.128. The predicted molar refractivity (Wildman–Crippen MR) is 94.8 cm³/mol. The van der Waals surface area contributed by atoms with Crippen molar-refractivity contribution < 1.29 is 9.59 Å². The number of aryl methyl sites for hydroxylation is 2. The monoisotopic (exact) mass is 366 g/mol. The first-order valence-corrected chi connectivity index (χ1v) is 8.63. The fourth-order valence-electron chi connectivity index (χ4n) is 2.01. The van der Waals surface area contributed by atoms with E-state index in [1.165, 1.54) is 11.8 Å². The number of carbonyl (C=O) groups is 2. The molecule has 2 aromatic rings. The van der Waals surface area contributed by atoms with Gasteiger partial charge in [0.05, 0.1) is 10.9 Å². The van der Waals surface area contributed by atoms with Crippen LogP contribution in [0.15, 0.2) is 35.2 Å². The minimum Gasteiger partial charge on any atom is -0.272 e. The van der Waals surface area contributed by atoms with Crippen LogP contribution in [0.4, 0.5) is 0 Å². The van der Waals surface area contributed by atoms with Crippen LogP contribution in [-0.2, 0) is 16.1 Å². The summed E-state index contributed by atoms with van der Waals surface area (Å²) < 4.78 is 1.59. The molecule has 2 rings (SSSR count). The predicted octanol–water partition coefficient (Wildman–Crippen LogP) is 2.48. The highest BCUT2D eigenvalue weighted by Gasteiger charge is 2.15. The third-order valence-electron chi connectivity index (χ3n) is 3.22. The highest BCUT2D eigenvalue weighted by molar-refractivity contribution is 8.00. The first kappa shape index (κ1) is 18.4. The van der Waals surface area contributed by atoms with E-state index < -0.39 is 0 Å². The Morgan fingerprint density at radius 1 is 1.25 bits per heavy atom. The molecule has 1 heterocycles. The van der Waals surface area contributed by atoms with Gasteiger partial charge in [0.25, 0.3) is 11.8 Å². The van der Waals surface area contributed by atoms with Gasteiger partial charge >= 0.3 is 0 Å². The number of nitrogens with zero attached hydrogens (tertiary/aromatic N) is 2. The quantitative estimate of drug-likeness (QED) is 0.629. The van der Waals surface area contributed by atoms with E-state index in [4.69, 9.17) is 11.6 Å². The molecule has 0 aliphatic heterocycles. The number of nitrogens with one attached hydrogen (secondary N) is 2. The Labute approximate surface area is 149 Å². The number of hydrogen-bond donors (Lipinski definition) is 2. The second-order valence-electron chi connectivity index (χ2n) is 5.34. The van der Waals surface area contributed by atoms with Gasteiger partial charge in [0.1, 0.15) is 6.54 Å². The van der Waals surface area contributed by atoms with Crippen LogP contribution in [0.5, 0.6) is 0 Å². The van der Waals surface area contributed by atoms with Gasteiger partial charge in [0.2, 0.25) is 0 Å². The van der Waals surface area contributed by atoms with Crippen LogP contribution in [0.1, 0.15) is 18.3 Å². The summed E-state index contributed by atoms with van der Waals surface area (Å²) in [6.07, 6.45) is 0. The van der Waals surface area contributed by atoms with Gasteiger partial charge in [0.15, 0.2) is 0 Å². The first-order chi connectivity index (χ1) is 11.3. The highest BCUT2D eigenvalue weighted by Crippen LogP contribution is 2.24. The Balaban J connectivity index is 1.80. The number of rotatable bonds is 5. The summed E-state index contributed by atoms with van der Waals surface area (Å²) in [7, 11) is 0. The van der Waals surface area contributed by atoms with Crippen molar-refractivity contribution in [3.63, 3.8) is 0 Å². The number of aromatic nitrogens is 2. The van der Waals surface area contributed by atoms with E-state index >= 15 is 0 Å². The summed E-state index contributed by atoms with van der Waals surface area (Å²) in [6, 6.07) is 9.11. The van der Waals surface area contributed by atoms with Crippen LogP contribution >= 0.6 is 23.4 Å². The summed E-state index contributed by atoms with van der Waals surface area (Å²) in [6.45, 7) is 5.55. The van der Waals surface area contributed by atoms with E-state index in [0.29, 0.717) is 5.02 Å². The van der Waals surface area contributed by atoms with E-state index in [0.717, 1.165) is 16.3 Å². The molecule has 24 heavy (non-hydrogen) atoms. The zero-order chi connectivity index (χ0) is 17.7. The molecule has 1 unspecified atom stereocenters. The second kappa shape index (κ2) is 8.21. The molecule has 0 saturated carbocycles. The van der Waals surface area contributed by atoms with E-state index in [1.54, 1.807) is 23.7 Å². The Morgan fingerprint density at radius 3 is 2.50 bits per heavy atom. The normalized spacial score (nSPS) is 11.8. The van der Waals surface area contributed by atoms with Gasteiger partial charge in [-0.2, -0.15) is 5.10 Å². The number of halogens is 1. The van der Waals surface area contributed by atoms with E-state index in [9.17, 15) is 9.59 Å². The van der Waals surface area contributed by atoms with Crippen molar-refractivity contribution in [1.29, 1.82) is 0 Å². The molecule has 0 aliphatic carbocycles. The average Bonchev–Trinajstić information content (AvgIpc) is 2.84. The Hall–Kier alpha value is -1.99. The van der Waals surface area contributed by atoms with Gasteiger partial charge in [0, 0.05) is 15.6 Å². The largest absolute Gasteiger partial charge is 0.272 e. The molecule has 1 aromatic heterocycles. The summed E-state index contributed by atoms with van der Waals surface area (Å²) >= 11 is 7.21. The zero-order valence-electron chi connectivity index (χ0n) is 13.7. The molecule has 128 valence electrons. The summed E-state index contributed by atoms with van der Waals surface area (Å²) in [4.78, 5) is 24.9. The van der Waals surface area contributed by atoms with E-state index in [-0.39, 0.29) is 23.6 Å². The molecule has 6 nitrogen and oxygen atoms in total. The van der Waals surface area contributed by atoms with Gasteiger partial charge in [-0.25, -0.2) is 0 Å². The average molecular weight is 367 g/mol. The van der Waals surface area contributed by atoms with Crippen molar-refractivity contribution >= 4 is 35.2 Å². The molecule has 2 N–H and O–H groups in total. The fourth-order valence-corrected chi connectivity index (χ4v) is 3.01.